The Kier molecular flexibility index (Phi) is 3.53. The van der Waals surface area contributed by atoms with E-state index in [1.165, 1.54) is 13.3 Å². The first-order chi connectivity index (χ1) is 6.63. The van der Waals surface area contributed by atoms with Crippen molar-refractivity contribution >= 4 is 29.1 Å². The third-order valence-electron chi connectivity index (χ3n) is 1.49. The molecule has 3 N–H and O–H groups in total. The highest BCUT2D eigenvalue weighted by atomic mass is 35.5. The van der Waals surface area contributed by atoms with Gasteiger partial charge in [-0.3, -0.25) is 4.79 Å². The monoisotopic (exact) mass is 215 g/mol. The number of ether oxygens (including phenoxy) is 1. The molecule has 0 fully saturated rings. The highest BCUT2D eigenvalue weighted by Crippen LogP contribution is 2.20. The van der Waals surface area contributed by atoms with Crippen LogP contribution in [0.5, 0.6) is 0 Å². The molecule has 0 spiro atoms. The number of halogens is 1. The Hall–Kier alpha value is -1.49. The second-order valence-electron chi connectivity index (χ2n) is 2.53. The number of esters is 1. The minimum Gasteiger partial charge on any atom is -0.468 e. The number of hydrogen-bond donors (Lipinski definition) is 2. The highest BCUT2D eigenvalue weighted by Gasteiger charge is 2.04. The number of methoxy groups -OCH3 is 1. The van der Waals surface area contributed by atoms with Crippen LogP contribution in [0.2, 0.25) is 5.02 Å². The summed E-state index contributed by atoms with van der Waals surface area (Å²) in [5, 5.41) is 3.09. The Labute approximate surface area is 86.2 Å². The molecule has 1 heterocycles. The van der Waals surface area contributed by atoms with Crippen molar-refractivity contribution in [3.8, 4) is 0 Å². The zero-order valence-corrected chi connectivity index (χ0v) is 8.34. The summed E-state index contributed by atoms with van der Waals surface area (Å²) < 4.78 is 4.44. The Morgan fingerprint density at radius 3 is 3.07 bits per heavy atom. The van der Waals surface area contributed by atoms with Crippen LogP contribution in [0.3, 0.4) is 0 Å². The first kappa shape index (κ1) is 10.6. The van der Waals surface area contributed by atoms with Gasteiger partial charge in [0.2, 0.25) is 0 Å². The van der Waals surface area contributed by atoms with Gasteiger partial charge in [0.1, 0.15) is 12.4 Å². The van der Waals surface area contributed by atoms with Crippen molar-refractivity contribution in [1.29, 1.82) is 0 Å². The summed E-state index contributed by atoms with van der Waals surface area (Å²) in [4.78, 5) is 14.7. The molecule has 0 radical (unpaired) electrons. The fourth-order valence-corrected chi connectivity index (χ4v) is 1.05. The topological polar surface area (TPSA) is 77.2 Å². The summed E-state index contributed by atoms with van der Waals surface area (Å²) in [5.41, 5.74) is 5.91. The van der Waals surface area contributed by atoms with Crippen molar-refractivity contribution in [2.24, 2.45) is 0 Å². The van der Waals surface area contributed by atoms with Gasteiger partial charge < -0.3 is 15.8 Å². The normalized spacial score (nSPS) is 9.57. The van der Waals surface area contributed by atoms with Crippen LogP contribution in [0.1, 0.15) is 0 Å². The molecule has 1 aromatic heterocycles. The van der Waals surface area contributed by atoms with Crippen LogP contribution < -0.4 is 11.1 Å². The van der Waals surface area contributed by atoms with Gasteiger partial charge in [-0.15, -0.1) is 0 Å². The number of aromatic nitrogens is 1. The van der Waals surface area contributed by atoms with Crippen molar-refractivity contribution < 1.29 is 9.53 Å². The lowest BCUT2D eigenvalue weighted by Crippen LogP contribution is -2.15. The number of hydrogen-bond acceptors (Lipinski definition) is 5. The van der Waals surface area contributed by atoms with E-state index in [1.807, 2.05) is 0 Å². The minimum absolute atomic E-state index is 0.0210. The van der Waals surface area contributed by atoms with E-state index < -0.39 is 0 Å². The molecule has 14 heavy (non-hydrogen) atoms. The SMILES string of the molecule is COC(=O)CNc1ncc(N)cc1Cl. The fourth-order valence-electron chi connectivity index (χ4n) is 0.811. The maximum Gasteiger partial charge on any atom is 0.325 e. The predicted molar refractivity (Wildman–Crippen MR) is 54.2 cm³/mol. The third-order valence-corrected chi connectivity index (χ3v) is 1.78. The van der Waals surface area contributed by atoms with Crippen molar-refractivity contribution in [3.05, 3.63) is 17.3 Å². The molecular weight excluding hydrogens is 206 g/mol. The first-order valence-electron chi connectivity index (χ1n) is 3.85. The number of rotatable bonds is 3. The minimum atomic E-state index is -0.389. The van der Waals surface area contributed by atoms with Crippen LogP contribution in [0, 0.1) is 0 Å². The number of nitrogen functional groups attached to an aromatic ring is 1. The zero-order valence-electron chi connectivity index (χ0n) is 7.58. The van der Waals surface area contributed by atoms with Crippen LogP contribution in [0.25, 0.3) is 0 Å². The van der Waals surface area contributed by atoms with Gasteiger partial charge in [-0.05, 0) is 6.07 Å². The van der Waals surface area contributed by atoms with E-state index in [9.17, 15) is 4.79 Å². The summed E-state index contributed by atoms with van der Waals surface area (Å²) in [7, 11) is 1.31. The summed E-state index contributed by atoms with van der Waals surface area (Å²) in [5.74, 6) is 0.0194. The summed E-state index contributed by atoms with van der Waals surface area (Å²) in [6.07, 6.45) is 1.45. The molecule has 0 saturated carbocycles. The smallest absolute Gasteiger partial charge is 0.325 e. The van der Waals surface area contributed by atoms with Crippen LogP contribution >= 0.6 is 11.6 Å². The molecule has 0 aliphatic carbocycles. The molecule has 0 aliphatic rings. The van der Waals surface area contributed by atoms with E-state index >= 15 is 0 Å². The van der Waals surface area contributed by atoms with E-state index in [4.69, 9.17) is 17.3 Å². The lowest BCUT2D eigenvalue weighted by Gasteiger charge is -2.05. The predicted octanol–water partition coefficient (Wildman–Crippen LogP) is 0.902. The zero-order chi connectivity index (χ0) is 10.6. The van der Waals surface area contributed by atoms with E-state index in [2.05, 4.69) is 15.0 Å². The number of pyridine rings is 1. The summed E-state index contributed by atoms with van der Waals surface area (Å²) in [6, 6.07) is 1.55. The van der Waals surface area contributed by atoms with Crippen LogP contribution in [0.15, 0.2) is 12.3 Å². The van der Waals surface area contributed by atoms with Crippen LogP contribution in [-0.2, 0) is 9.53 Å². The Balaban J connectivity index is 2.63. The van der Waals surface area contributed by atoms with Gasteiger partial charge in [0, 0.05) is 0 Å². The molecule has 0 atom stereocenters. The Bertz CT molecular complexity index is 343. The van der Waals surface area contributed by atoms with Crippen LogP contribution in [0.4, 0.5) is 11.5 Å². The molecule has 0 saturated heterocycles. The number of nitrogens with zero attached hydrogens (tertiary/aromatic N) is 1. The lowest BCUT2D eigenvalue weighted by molar-refractivity contribution is -0.138. The van der Waals surface area contributed by atoms with Gasteiger partial charge in [0.15, 0.2) is 0 Å². The van der Waals surface area contributed by atoms with Crippen molar-refractivity contribution in [2.45, 2.75) is 0 Å². The number of nitrogens with two attached hydrogens (primary N) is 1. The number of carbonyl (C=O) groups is 1. The van der Waals surface area contributed by atoms with E-state index in [-0.39, 0.29) is 12.5 Å². The van der Waals surface area contributed by atoms with Gasteiger partial charge in [0.25, 0.3) is 0 Å². The molecule has 1 rings (SSSR count). The summed E-state index contributed by atoms with van der Waals surface area (Å²) >= 11 is 5.80. The van der Waals surface area contributed by atoms with Gasteiger partial charge in [-0.2, -0.15) is 0 Å². The lowest BCUT2D eigenvalue weighted by atomic mass is 10.4. The Morgan fingerprint density at radius 1 is 1.79 bits per heavy atom. The molecule has 0 amide bonds. The second kappa shape index (κ2) is 4.66. The van der Waals surface area contributed by atoms with Crippen molar-refractivity contribution in [3.63, 3.8) is 0 Å². The number of carbonyl (C=O) groups excluding carboxylic acids is 1. The molecular formula is C8H10ClN3O2. The molecule has 1 aromatic rings. The number of nitrogens with one attached hydrogen (secondary N) is 1. The molecule has 0 aromatic carbocycles. The molecule has 0 aliphatic heterocycles. The average molecular weight is 216 g/mol. The molecule has 6 heteroatoms. The quantitative estimate of drug-likeness (QED) is 0.733. The van der Waals surface area contributed by atoms with Gasteiger partial charge >= 0.3 is 5.97 Å². The molecule has 76 valence electrons. The molecule has 5 nitrogen and oxygen atoms in total. The Morgan fingerprint density at radius 2 is 2.50 bits per heavy atom. The van der Waals surface area contributed by atoms with E-state index in [1.54, 1.807) is 6.07 Å². The maximum absolute atomic E-state index is 10.8. The maximum atomic E-state index is 10.8. The van der Waals surface area contributed by atoms with Gasteiger partial charge in [-0.25, -0.2) is 4.98 Å². The van der Waals surface area contributed by atoms with Crippen LogP contribution in [-0.4, -0.2) is 24.6 Å². The number of anilines is 2. The van der Waals surface area contributed by atoms with E-state index in [0.29, 0.717) is 16.5 Å². The highest BCUT2D eigenvalue weighted by molar-refractivity contribution is 6.33. The van der Waals surface area contributed by atoms with E-state index in [0.717, 1.165) is 0 Å². The summed E-state index contributed by atoms with van der Waals surface area (Å²) in [6.45, 7) is 0.0210. The molecule has 0 unspecified atom stereocenters. The molecule has 0 bridgehead atoms. The van der Waals surface area contributed by atoms with Gasteiger partial charge in [0.05, 0.1) is 24.0 Å². The van der Waals surface area contributed by atoms with Gasteiger partial charge in [-0.1, -0.05) is 11.6 Å². The van der Waals surface area contributed by atoms with Crippen molar-refractivity contribution in [2.75, 3.05) is 24.7 Å². The largest absolute Gasteiger partial charge is 0.468 e. The average Bonchev–Trinajstić information content (AvgIpc) is 2.16. The standard InChI is InChI=1S/C8H10ClN3O2/c1-14-7(13)4-12-8-6(9)2-5(10)3-11-8/h2-3H,4,10H2,1H3,(H,11,12). The van der Waals surface area contributed by atoms with Crippen molar-refractivity contribution in [1.82, 2.24) is 4.98 Å². The second-order valence-corrected chi connectivity index (χ2v) is 2.94. The fraction of sp³-hybridized carbons (Fsp3) is 0.250. The third kappa shape index (κ3) is 2.77. The first-order valence-corrected chi connectivity index (χ1v) is 4.23.